The van der Waals surface area contributed by atoms with Gasteiger partial charge in [0.25, 0.3) is 5.17 Å². The number of ether oxygens (including phenoxy) is 1. The lowest BCUT2D eigenvalue weighted by atomic mass is 10.0. The quantitative estimate of drug-likeness (QED) is 0.310. The molecule has 20 heavy (non-hydrogen) atoms. The molecule has 0 spiro atoms. The molecule has 0 aromatic rings. The molecular weight excluding hydrogens is 266 g/mol. The highest BCUT2D eigenvalue weighted by Crippen LogP contribution is 2.12. The highest BCUT2D eigenvalue weighted by molar-refractivity contribution is 7.80. The summed E-state index contributed by atoms with van der Waals surface area (Å²) in [7, 11) is 0. The molecule has 0 saturated carbocycles. The second-order valence-corrected chi connectivity index (χ2v) is 6.17. The van der Waals surface area contributed by atoms with Crippen molar-refractivity contribution in [1.29, 1.82) is 0 Å². The Morgan fingerprint density at radius 2 is 1.05 bits per heavy atom. The first-order valence-electron chi connectivity index (χ1n) is 8.69. The Morgan fingerprint density at radius 1 is 0.700 bits per heavy atom. The molecule has 0 heterocycles. The van der Waals surface area contributed by atoms with Crippen LogP contribution < -0.4 is 5.73 Å². The van der Waals surface area contributed by atoms with E-state index < -0.39 is 0 Å². The summed E-state index contributed by atoms with van der Waals surface area (Å²) in [5, 5.41) is 0.180. The summed E-state index contributed by atoms with van der Waals surface area (Å²) < 4.78 is 5.06. The zero-order valence-electron chi connectivity index (χ0n) is 13.5. The van der Waals surface area contributed by atoms with E-state index in [0.29, 0.717) is 6.61 Å². The average Bonchev–Trinajstić information content (AvgIpc) is 2.43. The normalized spacial score (nSPS) is 10.7. The maximum absolute atomic E-state index is 5.26. The number of unbranched alkanes of at least 4 members (excludes halogenated alkanes) is 13. The van der Waals surface area contributed by atoms with Gasteiger partial charge in [-0.05, 0) is 18.6 Å². The van der Waals surface area contributed by atoms with Crippen molar-refractivity contribution < 1.29 is 4.74 Å². The van der Waals surface area contributed by atoms with Crippen molar-refractivity contribution in [3.63, 3.8) is 0 Å². The molecule has 2 nitrogen and oxygen atoms in total. The largest absolute Gasteiger partial charge is 0.471 e. The fraction of sp³-hybridized carbons (Fsp3) is 0.941. The van der Waals surface area contributed by atoms with Crippen molar-refractivity contribution in [3.8, 4) is 0 Å². The number of hydrogen-bond donors (Lipinski definition) is 1. The van der Waals surface area contributed by atoms with Crippen LogP contribution in [-0.2, 0) is 4.74 Å². The summed E-state index contributed by atoms with van der Waals surface area (Å²) in [4.78, 5) is 0. The van der Waals surface area contributed by atoms with Crippen LogP contribution in [-0.4, -0.2) is 11.8 Å². The van der Waals surface area contributed by atoms with Gasteiger partial charge in [0.15, 0.2) is 0 Å². The molecule has 0 aromatic carbocycles. The zero-order valence-corrected chi connectivity index (χ0v) is 14.3. The fourth-order valence-corrected chi connectivity index (χ4v) is 2.55. The molecule has 0 aromatic heterocycles. The number of thiocarbonyl (C=S) groups is 1. The molecule has 3 heteroatoms. The van der Waals surface area contributed by atoms with Crippen LogP contribution in [0.25, 0.3) is 0 Å². The van der Waals surface area contributed by atoms with Gasteiger partial charge in [-0.1, -0.05) is 90.4 Å². The SMILES string of the molecule is CCCCCCCCCCCCCCCCOC(N)=S. The van der Waals surface area contributed by atoms with Gasteiger partial charge < -0.3 is 10.5 Å². The van der Waals surface area contributed by atoms with Gasteiger partial charge in [-0.25, -0.2) is 0 Å². The summed E-state index contributed by atoms with van der Waals surface area (Å²) in [6.45, 7) is 2.97. The van der Waals surface area contributed by atoms with Crippen molar-refractivity contribution in [2.45, 2.75) is 96.8 Å². The Morgan fingerprint density at radius 3 is 1.40 bits per heavy atom. The zero-order chi connectivity index (χ0) is 14.9. The highest BCUT2D eigenvalue weighted by Gasteiger charge is 1.94. The van der Waals surface area contributed by atoms with Gasteiger partial charge in [-0.15, -0.1) is 0 Å². The molecule has 2 N–H and O–H groups in total. The minimum absolute atomic E-state index is 0.180. The van der Waals surface area contributed by atoms with Crippen LogP contribution in [0.2, 0.25) is 0 Å². The van der Waals surface area contributed by atoms with E-state index >= 15 is 0 Å². The molecule has 120 valence electrons. The van der Waals surface area contributed by atoms with Crippen LogP contribution in [0.1, 0.15) is 96.8 Å². The van der Waals surface area contributed by atoms with Crippen LogP contribution in [0, 0.1) is 0 Å². The minimum Gasteiger partial charge on any atom is -0.471 e. The van der Waals surface area contributed by atoms with E-state index in [-0.39, 0.29) is 5.17 Å². The number of nitrogens with two attached hydrogens (primary N) is 1. The molecule has 0 radical (unpaired) electrons. The third-order valence-corrected chi connectivity index (χ3v) is 3.86. The monoisotopic (exact) mass is 301 g/mol. The molecule has 0 amide bonds. The molecule has 0 atom stereocenters. The van der Waals surface area contributed by atoms with Gasteiger partial charge >= 0.3 is 0 Å². The highest BCUT2D eigenvalue weighted by atomic mass is 32.1. The van der Waals surface area contributed by atoms with Gasteiger partial charge in [-0.3, -0.25) is 0 Å². The van der Waals surface area contributed by atoms with Crippen molar-refractivity contribution >= 4 is 17.4 Å². The summed E-state index contributed by atoms with van der Waals surface area (Å²) in [5.41, 5.74) is 5.26. The van der Waals surface area contributed by atoms with Crippen molar-refractivity contribution in [2.75, 3.05) is 6.61 Å². The Labute approximate surface area is 131 Å². The molecular formula is C17H35NOS. The van der Waals surface area contributed by atoms with Crippen LogP contribution in [0.3, 0.4) is 0 Å². The van der Waals surface area contributed by atoms with Gasteiger partial charge in [0.2, 0.25) is 0 Å². The molecule has 0 bridgehead atoms. The van der Waals surface area contributed by atoms with Crippen molar-refractivity contribution in [1.82, 2.24) is 0 Å². The number of hydrogen-bond acceptors (Lipinski definition) is 2. The number of rotatable bonds is 15. The van der Waals surface area contributed by atoms with Crippen molar-refractivity contribution in [2.24, 2.45) is 5.73 Å². The smallest absolute Gasteiger partial charge is 0.253 e. The Bertz CT molecular complexity index is 209. The first-order chi connectivity index (χ1) is 9.77. The standard InChI is InChI=1S/C17H35NOS/c1-2-3-4-5-6-7-8-9-10-11-12-13-14-15-16-19-17(18)20/h2-16H2,1H3,(H2,18,20). The van der Waals surface area contributed by atoms with Crippen LogP contribution in [0.5, 0.6) is 0 Å². The van der Waals surface area contributed by atoms with Gasteiger partial charge in [0.05, 0.1) is 6.61 Å². The Kier molecular flexibility index (Phi) is 16.5. The van der Waals surface area contributed by atoms with E-state index in [1.54, 1.807) is 0 Å². The van der Waals surface area contributed by atoms with E-state index in [1.807, 2.05) is 0 Å². The molecule has 0 aliphatic carbocycles. The third-order valence-electron chi connectivity index (χ3n) is 3.74. The third kappa shape index (κ3) is 17.7. The molecule has 0 aliphatic heterocycles. The lowest BCUT2D eigenvalue weighted by Gasteiger charge is -2.04. The predicted octanol–water partition coefficient (Wildman–Crippen LogP) is 5.73. The summed E-state index contributed by atoms with van der Waals surface area (Å²) in [5.74, 6) is 0. The Balaban J connectivity index is 2.94. The van der Waals surface area contributed by atoms with Gasteiger partial charge in [0, 0.05) is 0 Å². The maximum Gasteiger partial charge on any atom is 0.253 e. The van der Waals surface area contributed by atoms with Gasteiger partial charge in [-0.2, -0.15) is 0 Å². The second kappa shape index (κ2) is 16.7. The van der Waals surface area contributed by atoms with Crippen LogP contribution >= 0.6 is 12.2 Å². The van der Waals surface area contributed by atoms with Gasteiger partial charge in [0.1, 0.15) is 0 Å². The molecule has 0 unspecified atom stereocenters. The fourth-order valence-electron chi connectivity index (χ4n) is 2.47. The molecule has 0 aliphatic rings. The van der Waals surface area contributed by atoms with E-state index in [4.69, 9.17) is 10.5 Å². The lowest BCUT2D eigenvalue weighted by molar-refractivity contribution is 0.295. The lowest BCUT2D eigenvalue weighted by Crippen LogP contribution is -2.13. The first kappa shape index (κ1) is 19.7. The van der Waals surface area contributed by atoms with E-state index in [1.165, 1.54) is 83.5 Å². The molecule has 0 fully saturated rings. The Hall–Kier alpha value is -0.310. The second-order valence-electron chi connectivity index (χ2n) is 5.76. The predicted molar refractivity (Wildman–Crippen MR) is 93.0 cm³/mol. The van der Waals surface area contributed by atoms with E-state index in [9.17, 15) is 0 Å². The van der Waals surface area contributed by atoms with E-state index in [0.717, 1.165) is 6.42 Å². The summed E-state index contributed by atoms with van der Waals surface area (Å²) >= 11 is 4.65. The van der Waals surface area contributed by atoms with Crippen LogP contribution in [0.4, 0.5) is 0 Å². The molecule has 0 saturated heterocycles. The molecule has 0 rings (SSSR count). The van der Waals surface area contributed by atoms with Crippen LogP contribution in [0.15, 0.2) is 0 Å². The summed E-state index contributed by atoms with van der Waals surface area (Å²) in [6.07, 6.45) is 19.2. The van der Waals surface area contributed by atoms with E-state index in [2.05, 4.69) is 19.1 Å². The average molecular weight is 302 g/mol. The summed E-state index contributed by atoms with van der Waals surface area (Å²) in [6, 6.07) is 0. The maximum atomic E-state index is 5.26. The topological polar surface area (TPSA) is 35.2 Å². The van der Waals surface area contributed by atoms with Crippen molar-refractivity contribution in [3.05, 3.63) is 0 Å². The first-order valence-corrected chi connectivity index (χ1v) is 9.10. The minimum atomic E-state index is 0.180.